The quantitative estimate of drug-likeness (QED) is 0.595. The van der Waals surface area contributed by atoms with E-state index in [1.165, 1.54) is 0 Å². The minimum absolute atomic E-state index is 0.0312. The summed E-state index contributed by atoms with van der Waals surface area (Å²) in [5, 5.41) is 12.4. The summed E-state index contributed by atoms with van der Waals surface area (Å²) >= 11 is 0. The van der Waals surface area contributed by atoms with Gasteiger partial charge in [-0.2, -0.15) is 0 Å². The molecule has 0 saturated carbocycles. The van der Waals surface area contributed by atoms with Gasteiger partial charge in [0.2, 0.25) is 15.9 Å². The van der Waals surface area contributed by atoms with E-state index in [0.29, 0.717) is 18.5 Å². The topological polar surface area (TPSA) is 105 Å². The Morgan fingerprint density at radius 2 is 1.73 bits per heavy atom. The second-order valence-corrected chi connectivity index (χ2v) is 9.42. The third kappa shape index (κ3) is 6.12. The molecule has 8 heteroatoms. The maximum absolute atomic E-state index is 12.4. The average molecular weight is 433 g/mol. The molecule has 1 amide bonds. The van der Waals surface area contributed by atoms with Crippen LogP contribution in [0.2, 0.25) is 0 Å². The molecule has 1 aliphatic rings. The number of anilines is 1. The van der Waals surface area contributed by atoms with Crippen LogP contribution in [-0.4, -0.2) is 50.0 Å². The first-order chi connectivity index (χ1) is 14.4. The molecule has 0 bridgehead atoms. The van der Waals surface area contributed by atoms with Crippen LogP contribution in [0.5, 0.6) is 0 Å². The van der Waals surface area contributed by atoms with E-state index in [2.05, 4.69) is 10.0 Å². The summed E-state index contributed by atoms with van der Waals surface area (Å²) in [6.45, 7) is 1.25. The number of ether oxygens (including phenoxy) is 1. The lowest BCUT2D eigenvalue weighted by molar-refractivity contribution is -0.126. The highest BCUT2D eigenvalue weighted by Gasteiger charge is 2.33. The Bertz CT molecular complexity index is 932. The number of amides is 1. The fourth-order valence-corrected chi connectivity index (χ4v) is 4.42. The molecule has 162 valence electrons. The van der Waals surface area contributed by atoms with Gasteiger partial charge in [-0.3, -0.25) is 4.79 Å². The Kier molecular flexibility index (Phi) is 7.60. The number of rotatable bonds is 8. The van der Waals surface area contributed by atoms with Crippen LogP contribution < -0.4 is 10.0 Å². The lowest BCUT2D eigenvalue weighted by Gasteiger charge is -2.35. The molecule has 0 aromatic heterocycles. The van der Waals surface area contributed by atoms with E-state index in [-0.39, 0.29) is 30.8 Å². The number of nitrogens with one attached hydrogen (secondary N) is 2. The van der Waals surface area contributed by atoms with Crippen LogP contribution in [0.1, 0.15) is 26.2 Å². The molecule has 0 aliphatic carbocycles. The molecule has 2 aromatic carbocycles. The van der Waals surface area contributed by atoms with E-state index >= 15 is 0 Å². The molecule has 3 N–H and O–H groups in total. The van der Waals surface area contributed by atoms with Gasteiger partial charge in [0.05, 0.1) is 37.0 Å². The Hall–Kier alpha value is -2.26. The van der Waals surface area contributed by atoms with Crippen molar-refractivity contribution in [1.29, 1.82) is 0 Å². The van der Waals surface area contributed by atoms with Crippen molar-refractivity contribution >= 4 is 21.6 Å². The second kappa shape index (κ2) is 10.2. The minimum Gasteiger partial charge on any atom is -0.394 e. The fraction of sp³-hybridized carbons (Fsp3) is 0.409. The molecule has 1 saturated heterocycles. The molecular weight excluding hydrogens is 404 g/mol. The van der Waals surface area contributed by atoms with Gasteiger partial charge in [0.15, 0.2) is 0 Å². The summed E-state index contributed by atoms with van der Waals surface area (Å²) < 4.78 is 31.9. The monoisotopic (exact) mass is 432 g/mol. The number of hydrogen-bond donors (Lipinski definition) is 3. The molecule has 1 aliphatic heterocycles. The zero-order valence-electron chi connectivity index (χ0n) is 17.0. The van der Waals surface area contributed by atoms with Crippen LogP contribution in [0, 0.1) is 0 Å². The van der Waals surface area contributed by atoms with E-state index in [0.717, 1.165) is 11.1 Å². The zero-order chi connectivity index (χ0) is 21.6. The summed E-state index contributed by atoms with van der Waals surface area (Å²) in [5.41, 5.74) is 2.87. The van der Waals surface area contributed by atoms with E-state index in [4.69, 9.17) is 4.74 Å². The maximum Gasteiger partial charge on any atom is 0.226 e. The SMILES string of the molecule is CCS(=O)(=O)N[C@H]1CC[C@H](CC(=O)Nc2ccc(-c3ccccc3)cc2)O[C@H]1CO. The smallest absolute Gasteiger partial charge is 0.226 e. The van der Waals surface area contributed by atoms with Crippen molar-refractivity contribution in [2.45, 2.75) is 44.4 Å². The highest BCUT2D eigenvalue weighted by molar-refractivity contribution is 7.89. The number of aliphatic hydroxyl groups excluding tert-OH is 1. The standard InChI is InChI=1S/C22H28N2O5S/c1-2-30(27,28)24-20-13-12-19(29-21(20)15-25)14-22(26)23-18-10-8-17(9-11-18)16-6-4-3-5-7-16/h3-11,19-21,24-25H,2,12-15H2,1H3,(H,23,26)/t19-,20+,21+/m1/s1. The molecule has 3 atom stereocenters. The number of sulfonamides is 1. The van der Waals surface area contributed by atoms with Gasteiger partial charge in [-0.25, -0.2) is 13.1 Å². The highest BCUT2D eigenvalue weighted by atomic mass is 32.2. The maximum atomic E-state index is 12.4. The number of benzene rings is 2. The fourth-order valence-electron chi connectivity index (χ4n) is 3.53. The van der Waals surface area contributed by atoms with Crippen LogP contribution in [0.4, 0.5) is 5.69 Å². The zero-order valence-corrected chi connectivity index (χ0v) is 17.8. The molecule has 3 rings (SSSR count). The van der Waals surface area contributed by atoms with Crippen LogP contribution in [-0.2, 0) is 19.6 Å². The van der Waals surface area contributed by atoms with Gasteiger partial charge in [-0.1, -0.05) is 42.5 Å². The molecule has 1 fully saturated rings. The van der Waals surface area contributed by atoms with Crippen LogP contribution in [0.15, 0.2) is 54.6 Å². The average Bonchev–Trinajstić information content (AvgIpc) is 2.75. The predicted octanol–water partition coefficient (Wildman–Crippen LogP) is 2.53. The molecule has 0 radical (unpaired) electrons. The Morgan fingerprint density at radius 1 is 1.07 bits per heavy atom. The number of carbonyl (C=O) groups excluding carboxylic acids is 1. The van der Waals surface area contributed by atoms with Gasteiger partial charge in [0.25, 0.3) is 0 Å². The van der Waals surface area contributed by atoms with Gasteiger partial charge >= 0.3 is 0 Å². The molecule has 2 aromatic rings. The van der Waals surface area contributed by atoms with Gasteiger partial charge in [0, 0.05) is 5.69 Å². The highest BCUT2D eigenvalue weighted by Crippen LogP contribution is 2.24. The summed E-state index contributed by atoms with van der Waals surface area (Å²) in [6, 6.07) is 17.1. The summed E-state index contributed by atoms with van der Waals surface area (Å²) in [6.07, 6.45) is 0.155. The van der Waals surface area contributed by atoms with E-state index < -0.39 is 22.2 Å². The molecule has 30 heavy (non-hydrogen) atoms. The largest absolute Gasteiger partial charge is 0.394 e. The van der Waals surface area contributed by atoms with Crippen LogP contribution in [0.3, 0.4) is 0 Å². The summed E-state index contributed by atoms with van der Waals surface area (Å²) in [4.78, 5) is 12.4. The van der Waals surface area contributed by atoms with Gasteiger partial charge in [-0.05, 0) is 43.0 Å². The lowest BCUT2D eigenvalue weighted by Crippen LogP contribution is -2.51. The molecule has 0 spiro atoms. The minimum atomic E-state index is -3.39. The third-order valence-corrected chi connectivity index (χ3v) is 6.62. The summed E-state index contributed by atoms with van der Waals surface area (Å²) in [7, 11) is -3.39. The molecule has 0 unspecified atom stereocenters. The normalized spacial score (nSPS) is 21.9. The first-order valence-electron chi connectivity index (χ1n) is 10.1. The molecule has 1 heterocycles. The van der Waals surface area contributed by atoms with Gasteiger partial charge in [0.1, 0.15) is 0 Å². The van der Waals surface area contributed by atoms with Crippen LogP contribution >= 0.6 is 0 Å². The van der Waals surface area contributed by atoms with E-state index in [1.807, 2.05) is 54.6 Å². The van der Waals surface area contributed by atoms with Crippen molar-refractivity contribution in [3.63, 3.8) is 0 Å². The van der Waals surface area contributed by atoms with Crippen molar-refractivity contribution in [2.75, 3.05) is 17.7 Å². The first kappa shape index (κ1) is 22.4. The van der Waals surface area contributed by atoms with Crippen molar-refractivity contribution < 1.29 is 23.1 Å². The Labute approximate surface area is 177 Å². The van der Waals surface area contributed by atoms with Gasteiger partial charge < -0.3 is 15.2 Å². The van der Waals surface area contributed by atoms with E-state index in [1.54, 1.807) is 6.92 Å². The molecule has 7 nitrogen and oxygen atoms in total. The number of carbonyl (C=O) groups is 1. The summed E-state index contributed by atoms with van der Waals surface area (Å²) in [5.74, 6) is -0.215. The van der Waals surface area contributed by atoms with Crippen molar-refractivity contribution in [1.82, 2.24) is 4.72 Å². The first-order valence-corrected chi connectivity index (χ1v) is 11.8. The Balaban J connectivity index is 1.53. The Morgan fingerprint density at radius 3 is 2.37 bits per heavy atom. The number of hydrogen-bond acceptors (Lipinski definition) is 5. The van der Waals surface area contributed by atoms with Crippen LogP contribution in [0.25, 0.3) is 11.1 Å². The van der Waals surface area contributed by atoms with Crippen molar-refractivity contribution in [3.05, 3.63) is 54.6 Å². The van der Waals surface area contributed by atoms with Gasteiger partial charge in [-0.15, -0.1) is 0 Å². The van der Waals surface area contributed by atoms with E-state index in [9.17, 15) is 18.3 Å². The second-order valence-electron chi connectivity index (χ2n) is 7.38. The molecular formula is C22H28N2O5S. The lowest BCUT2D eigenvalue weighted by atomic mass is 9.98. The van der Waals surface area contributed by atoms with Crippen molar-refractivity contribution in [2.24, 2.45) is 0 Å². The predicted molar refractivity (Wildman–Crippen MR) is 116 cm³/mol. The number of aliphatic hydroxyl groups is 1. The van der Waals surface area contributed by atoms with Crippen molar-refractivity contribution in [3.8, 4) is 11.1 Å². The third-order valence-electron chi connectivity index (χ3n) is 5.20.